The van der Waals surface area contributed by atoms with E-state index in [-0.39, 0.29) is 0 Å². The molecule has 0 aromatic rings. The highest BCUT2D eigenvalue weighted by Gasteiger charge is 2.40. The summed E-state index contributed by atoms with van der Waals surface area (Å²) in [7, 11) is 4.83. The Hall–Kier alpha value is 0.114. The molecule has 1 heterocycles. The lowest BCUT2D eigenvalue weighted by Gasteiger charge is -2.22. The van der Waals surface area contributed by atoms with Gasteiger partial charge in [-0.2, -0.15) is 0 Å². The molecule has 140 valence electrons. The van der Waals surface area contributed by atoms with E-state index in [1.54, 1.807) is 14.2 Å². The van der Waals surface area contributed by atoms with E-state index < -0.39 is 17.6 Å². The van der Waals surface area contributed by atoms with E-state index >= 15 is 0 Å². The third-order valence-corrected chi connectivity index (χ3v) is 8.48. The first-order valence-electron chi connectivity index (χ1n) is 7.45. The zero-order valence-corrected chi connectivity index (χ0v) is 17.4. The van der Waals surface area contributed by atoms with Crippen molar-refractivity contribution in [3.63, 3.8) is 0 Å². The molecule has 0 aromatic carbocycles. The van der Waals surface area contributed by atoms with E-state index in [0.29, 0.717) is 6.10 Å². The zero-order chi connectivity index (χ0) is 17.8. The normalized spacial score (nSPS) is 17.6. The molecule has 0 amide bonds. The van der Waals surface area contributed by atoms with E-state index in [1.807, 2.05) is 0 Å². The fourth-order valence-electron chi connectivity index (χ4n) is 1.66. The monoisotopic (exact) mass is 372 g/mol. The van der Waals surface area contributed by atoms with Gasteiger partial charge >= 0.3 is 17.6 Å². The zero-order valence-electron chi connectivity index (χ0n) is 15.4. The van der Waals surface area contributed by atoms with E-state index in [4.69, 9.17) is 36.0 Å². The molecule has 1 aliphatic heterocycles. The predicted octanol–water partition coefficient (Wildman–Crippen LogP) is 1.16. The van der Waals surface area contributed by atoms with Crippen molar-refractivity contribution in [2.45, 2.75) is 25.1 Å². The molecule has 23 heavy (non-hydrogen) atoms. The van der Waals surface area contributed by atoms with E-state index in [9.17, 15) is 0 Å². The van der Waals surface area contributed by atoms with Gasteiger partial charge in [0.1, 0.15) is 6.10 Å². The van der Waals surface area contributed by atoms with Gasteiger partial charge in [0.25, 0.3) is 0 Å². The Morgan fingerprint density at radius 1 is 0.870 bits per heavy atom. The highest BCUT2D eigenvalue weighted by atomic mass is 28.4. The van der Waals surface area contributed by atoms with Crippen LogP contribution in [0.1, 0.15) is 6.42 Å². The van der Waals surface area contributed by atoms with Gasteiger partial charge < -0.3 is 36.0 Å². The summed E-state index contributed by atoms with van der Waals surface area (Å²) in [6.45, 7) is 4.44. The van der Waals surface area contributed by atoms with Crippen LogP contribution in [0.4, 0.5) is 0 Å². The van der Waals surface area contributed by atoms with Gasteiger partial charge in [0.05, 0.1) is 13.2 Å². The van der Waals surface area contributed by atoms with Crippen LogP contribution in [0.2, 0.25) is 12.6 Å². The summed E-state index contributed by atoms with van der Waals surface area (Å²) in [6, 6.07) is 0.978. The van der Waals surface area contributed by atoms with Crippen molar-refractivity contribution >= 4 is 17.6 Å². The highest BCUT2D eigenvalue weighted by Crippen LogP contribution is 2.14. The summed E-state index contributed by atoms with van der Waals surface area (Å²) in [5.74, 6) is 0. The lowest BCUT2D eigenvalue weighted by molar-refractivity contribution is 0.0226. The van der Waals surface area contributed by atoms with Gasteiger partial charge in [-0.15, -0.1) is 0 Å². The third kappa shape index (κ3) is 9.87. The standard InChI is InChI=1S/C9H20O4Si.C4H12O4Si/c1-10-14(3,11-2)6-4-5-12-7-9-8-13-9;1-5-9(6-2,7-3)8-4/h9H,4-8H2,1-3H3;1-4H3. The quantitative estimate of drug-likeness (QED) is 0.287. The van der Waals surface area contributed by atoms with Crippen molar-refractivity contribution in [1.82, 2.24) is 0 Å². The van der Waals surface area contributed by atoms with Crippen molar-refractivity contribution in [2.24, 2.45) is 0 Å². The Morgan fingerprint density at radius 2 is 1.35 bits per heavy atom. The average molecular weight is 373 g/mol. The van der Waals surface area contributed by atoms with Crippen LogP contribution in [0.5, 0.6) is 0 Å². The average Bonchev–Trinajstić information content (AvgIpc) is 3.42. The van der Waals surface area contributed by atoms with Crippen LogP contribution >= 0.6 is 0 Å². The molecule has 1 saturated heterocycles. The van der Waals surface area contributed by atoms with Crippen molar-refractivity contribution in [3.8, 4) is 0 Å². The number of rotatable bonds is 12. The second-order valence-corrected chi connectivity index (χ2v) is 11.2. The molecule has 1 aliphatic rings. The molecule has 0 N–H and O–H groups in total. The minimum atomic E-state index is -2.69. The van der Waals surface area contributed by atoms with E-state index in [2.05, 4.69) is 6.55 Å². The first-order valence-corrected chi connectivity index (χ1v) is 11.6. The molecule has 0 saturated carbocycles. The smallest absolute Gasteiger partial charge is 0.398 e. The Kier molecular flexibility index (Phi) is 12.5. The molecule has 1 fully saturated rings. The number of hydrogen-bond acceptors (Lipinski definition) is 8. The Labute approximate surface area is 142 Å². The molecule has 10 heteroatoms. The topological polar surface area (TPSA) is 77.1 Å². The van der Waals surface area contributed by atoms with Gasteiger partial charge in [0.2, 0.25) is 0 Å². The minimum Gasteiger partial charge on any atom is -0.398 e. The molecule has 0 bridgehead atoms. The second-order valence-electron chi connectivity index (χ2n) is 4.99. The summed E-state index contributed by atoms with van der Waals surface area (Å²) in [6.07, 6.45) is 1.36. The highest BCUT2D eigenvalue weighted by molar-refractivity contribution is 6.65. The second kappa shape index (κ2) is 12.5. The van der Waals surface area contributed by atoms with Crippen molar-refractivity contribution in [2.75, 3.05) is 62.5 Å². The number of hydrogen-bond donors (Lipinski definition) is 0. The molecule has 0 aliphatic carbocycles. The van der Waals surface area contributed by atoms with Crippen LogP contribution in [-0.2, 0) is 36.0 Å². The SMILES string of the molecule is CO[Si](C)(CCCOCC1CO1)OC.CO[Si](OC)(OC)OC. The maximum atomic E-state index is 5.43. The Bertz CT molecular complexity index is 266. The lowest BCUT2D eigenvalue weighted by atomic mass is 10.5. The fraction of sp³-hybridized carbons (Fsp3) is 1.00. The largest absolute Gasteiger partial charge is 0.678 e. The molecular formula is C13H32O8Si2. The van der Waals surface area contributed by atoms with Gasteiger partial charge in [-0.05, 0) is 19.0 Å². The molecule has 0 radical (unpaired) electrons. The van der Waals surface area contributed by atoms with Crippen molar-refractivity contribution in [1.29, 1.82) is 0 Å². The summed E-state index contributed by atoms with van der Waals surface area (Å²) in [5.41, 5.74) is 0. The lowest BCUT2D eigenvalue weighted by Crippen LogP contribution is -2.45. The van der Waals surface area contributed by atoms with Crippen molar-refractivity contribution in [3.05, 3.63) is 0 Å². The van der Waals surface area contributed by atoms with Crippen molar-refractivity contribution < 1.29 is 36.0 Å². The fourth-order valence-corrected chi connectivity index (χ4v) is 4.02. The summed E-state index contributed by atoms with van der Waals surface area (Å²) < 4.78 is 40.6. The molecular weight excluding hydrogens is 340 g/mol. The van der Waals surface area contributed by atoms with Crippen LogP contribution in [0, 0.1) is 0 Å². The van der Waals surface area contributed by atoms with Gasteiger partial charge in [-0.1, -0.05) is 0 Å². The molecule has 1 atom stereocenters. The Morgan fingerprint density at radius 3 is 1.65 bits per heavy atom. The van der Waals surface area contributed by atoms with Crippen LogP contribution in [-0.4, -0.2) is 86.2 Å². The number of epoxide rings is 1. The van der Waals surface area contributed by atoms with Gasteiger partial charge in [0, 0.05) is 49.3 Å². The molecule has 1 rings (SSSR count). The van der Waals surface area contributed by atoms with Gasteiger partial charge in [-0.3, -0.25) is 0 Å². The van der Waals surface area contributed by atoms with Crippen LogP contribution in [0.25, 0.3) is 0 Å². The minimum absolute atomic E-state index is 0.364. The molecule has 8 nitrogen and oxygen atoms in total. The summed E-state index contributed by atoms with van der Waals surface area (Å²) >= 11 is 0. The first kappa shape index (κ1) is 23.1. The van der Waals surface area contributed by atoms with Gasteiger partial charge in [0.15, 0.2) is 0 Å². The van der Waals surface area contributed by atoms with Gasteiger partial charge in [-0.25, -0.2) is 0 Å². The first-order chi connectivity index (χ1) is 10.9. The van der Waals surface area contributed by atoms with E-state index in [0.717, 1.165) is 32.3 Å². The summed E-state index contributed by atoms with van der Waals surface area (Å²) in [4.78, 5) is 0. The van der Waals surface area contributed by atoms with Crippen LogP contribution < -0.4 is 0 Å². The Balaban J connectivity index is 0.000000468. The number of ether oxygens (including phenoxy) is 2. The summed E-state index contributed by atoms with van der Waals surface area (Å²) in [5, 5.41) is 0. The maximum Gasteiger partial charge on any atom is 0.678 e. The maximum absolute atomic E-state index is 5.43. The van der Waals surface area contributed by atoms with E-state index in [1.165, 1.54) is 28.4 Å². The predicted molar refractivity (Wildman–Crippen MR) is 89.4 cm³/mol. The molecule has 0 spiro atoms. The third-order valence-electron chi connectivity index (χ3n) is 3.49. The molecule has 1 unspecified atom stereocenters. The van der Waals surface area contributed by atoms with Crippen LogP contribution in [0.15, 0.2) is 0 Å². The molecule has 0 aromatic heterocycles. The van der Waals surface area contributed by atoms with Crippen LogP contribution in [0.3, 0.4) is 0 Å².